The van der Waals surface area contributed by atoms with Crippen LogP contribution in [0.15, 0.2) is 30.3 Å². The highest BCUT2D eigenvalue weighted by Crippen LogP contribution is 2.39. The molecule has 0 saturated heterocycles. The molecule has 1 N–H and O–H groups in total. The zero-order chi connectivity index (χ0) is 12.7. The highest BCUT2D eigenvalue weighted by atomic mass is 19.1. The van der Waals surface area contributed by atoms with Crippen LogP contribution in [0.1, 0.15) is 40.6 Å². The summed E-state index contributed by atoms with van der Waals surface area (Å²) in [4.78, 5) is 14.5. The Balaban J connectivity index is 2.05. The maximum Gasteiger partial charge on any atom is 0.375 e. The summed E-state index contributed by atoms with van der Waals surface area (Å²) in [5.74, 6) is -1.49. The van der Waals surface area contributed by atoms with Gasteiger partial charge in [-0.3, -0.25) is 0 Å². The van der Waals surface area contributed by atoms with Crippen molar-refractivity contribution in [2.75, 3.05) is 0 Å². The molecule has 1 aromatic heterocycles. The van der Waals surface area contributed by atoms with E-state index in [0.29, 0.717) is 0 Å². The molecule has 6 heteroatoms. The fourth-order valence-electron chi connectivity index (χ4n) is 2.22. The number of rotatable bonds is 2. The number of aromatic nitrogens is 3. The van der Waals surface area contributed by atoms with Crippen LogP contribution in [-0.2, 0) is 0 Å². The molecular formula is C12H10FN3O2. The van der Waals surface area contributed by atoms with Gasteiger partial charge in [0.1, 0.15) is 0 Å². The van der Waals surface area contributed by atoms with Crippen molar-refractivity contribution >= 4 is 5.97 Å². The predicted octanol–water partition coefficient (Wildman–Crippen LogP) is 1.98. The zero-order valence-electron chi connectivity index (χ0n) is 9.32. The number of hydrogen-bond acceptors (Lipinski definition) is 3. The van der Waals surface area contributed by atoms with E-state index in [2.05, 4.69) is 10.1 Å². The van der Waals surface area contributed by atoms with E-state index >= 15 is 0 Å². The number of hydrogen-bond donors (Lipinski definition) is 1. The number of alkyl halides is 1. The fourth-order valence-corrected chi connectivity index (χ4v) is 2.22. The number of aromatic carboxylic acids is 1. The van der Waals surface area contributed by atoms with Gasteiger partial charge in [0.15, 0.2) is 12.0 Å². The second-order valence-corrected chi connectivity index (χ2v) is 4.17. The lowest BCUT2D eigenvalue weighted by Gasteiger charge is -2.10. The number of fused-ring (bicyclic) bond motifs is 1. The normalized spacial score (nSPS) is 21.8. The fraction of sp³-hybridized carbons (Fsp3) is 0.250. The van der Waals surface area contributed by atoms with Gasteiger partial charge in [0.25, 0.3) is 5.82 Å². The third-order valence-corrected chi connectivity index (χ3v) is 3.04. The molecule has 0 saturated carbocycles. The Morgan fingerprint density at radius 3 is 2.78 bits per heavy atom. The zero-order valence-corrected chi connectivity index (χ0v) is 9.32. The highest BCUT2D eigenvalue weighted by Gasteiger charge is 2.36. The van der Waals surface area contributed by atoms with Gasteiger partial charge in [0.2, 0.25) is 0 Å². The van der Waals surface area contributed by atoms with Crippen molar-refractivity contribution in [1.29, 1.82) is 0 Å². The van der Waals surface area contributed by atoms with Crippen LogP contribution in [0.2, 0.25) is 0 Å². The molecule has 1 aliphatic heterocycles. The number of benzene rings is 1. The second kappa shape index (κ2) is 3.90. The Labute approximate surface area is 102 Å². The molecule has 3 rings (SSSR count). The smallest absolute Gasteiger partial charge is 0.375 e. The van der Waals surface area contributed by atoms with Gasteiger partial charge in [-0.15, -0.1) is 5.10 Å². The molecule has 1 aliphatic rings. The van der Waals surface area contributed by atoms with E-state index in [4.69, 9.17) is 5.11 Å². The van der Waals surface area contributed by atoms with Crippen LogP contribution in [0.25, 0.3) is 0 Å². The van der Waals surface area contributed by atoms with Gasteiger partial charge in [-0.1, -0.05) is 30.3 Å². The van der Waals surface area contributed by atoms with Crippen molar-refractivity contribution in [3.63, 3.8) is 0 Å². The van der Waals surface area contributed by atoms with E-state index in [9.17, 15) is 9.18 Å². The van der Waals surface area contributed by atoms with Crippen molar-refractivity contribution < 1.29 is 14.3 Å². The molecule has 92 valence electrons. The Bertz CT molecular complexity index is 597. The third kappa shape index (κ3) is 1.57. The van der Waals surface area contributed by atoms with Crippen LogP contribution in [0.4, 0.5) is 4.39 Å². The molecule has 2 atom stereocenters. The van der Waals surface area contributed by atoms with Gasteiger partial charge in [-0.05, 0) is 5.56 Å². The molecule has 2 unspecified atom stereocenters. The Kier molecular flexibility index (Phi) is 2.36. The summed E-state index contributed by atoms with van der Waals surface area (Å²) >= 11 is 0. The van der Waals surface area contributed by atoms with Gasteiger partial charge < -0.3 is 5.11 Å². The highest BCUT2D eigenvalue weighted by molar-refractivity contribution is 5.82. The molecule has 18 heavy (non-hydrogen) atoms. The SMILES string of the molecule is O=C(O)c1nc2n(n1)C(c1ccccc1)CC2F. The molecule has 2 heterocycles. The molecule has 1 aromatic carbocycles. The first kappa shape index (κ1) is 10.9. The summed E-state index contributed by atoms with van der Waals surface area (Å²) in [5.41, 5.74) is 0.903. The maximum absolute atomic E-state index is 13.8. The van der Waals surface area contributed by atoms with Crippen LogP contribution in [0, 0.1) is 0 Å². The van der Waals surface area contributed by atoms with Crippen LogP contribution in [-0.4, -0.2) is 25.8 Å². The van der Waals surface area contributed by atoms with Gasteiger partial charge in [0, 0.05) is 6.42 Å². The summed E-state index contributed by atoms with van der Waals surface area (Å²) in [6.07, 6.45) is -1.02. The van der Waals surface area contributed by atoms with Crippen molar-refractivity contribution in [1.82, 2.24) is 14.8 Å². The van der Waals surface area contributed by atoms with E-state index in [1.54, 1.807) is 0 Å². The van der Waals surface area contributed by atoms with Crippen molar-refractivity contribution in [2.45, 2.75) is 18.6 Å². The first-order valence-corrected chi connectivity index (χ1v) is 5.55. The number of carbonyl (C=O) groups is 1. The van der Waals surface area contributed by atoms with E-state index < -0.39 is 12.1 Å². The topological polar surface area (TPSA) is 68.0 Å². The molecular weight excluding hydrogens is 237 g/mol. The first-order valence-electron chi connectivity index (χ1n) is 5.55. The van der Waals surface area contributed by atoms with Crippen LogP contribution < -0.4 is 0 Å². The minimum atomic E-state index is -1.27. The van der Waals surface area contributed by atoms with Gasteiger partial charge in [-0.2, -0.15) is 0 Å². The molecule has 0 bridgehead atoms. The predicted molar refractivity (Wildman–Crippen MR) is 60.0 cm³/mol. The third-order valence-electron chi connectivity index (χ3n) is 3.04. The Morgan fingerprint density at radius 1 is 1.39 bits per heavy atom. The number of carboxylic acid groups (broad SMARTS) is 1. The van der Waals surface area contributed by atoms with E-state index in [1.165, 1.54) is 4.68 Å². The second-order valence-electron chi connectivity index (χ2n) is 4.17. The van der Waals surface area contributed by atoms with E-state index in [1.807, 2.05) is 30.3 Å². The number of carboxylic acids is 1. The van der Waals surface area contributed by atoms with E-state index in [0.717, 1.165) is 5.56 Å². The minimum Gasteiger partial charge on any atom is -0.475 e. The summed E-state index contributed by atoms with van der Waals surface area (Å²) in [5, 5.41) is 12.7. The van der Waals surface area contributed by atoms with Gasteiger partial charge in [-0.25, -0.2) is 18.9 Å². The Morgan fingerprint density at radius 2 is 2.11 bits per heavy atom. The quantitative estimate of drug-likeness (QED) is 0.881. The molecule has 0 aliphatic carbocycles. The number of nitrogens with zero attached hydrogens (tertiary/aromatic N) is 3. The lowest BCUT2D eigenvalue weighted by atomic mass is 10.0. The van der Waals surface area contributed by atoms with E-state index in [-0.39, 0.29) is 24.1 Å². The van der Waals surface area contributed by atoms with Crippen molar-refractivity contribution in [3.05, 3.63) is 47.5 Å². The summed E-state index contributed by atoms with van der Waals surface area (Å²) in [6, 6.07) is 9.04. The van der Waals surface area contributed by atoms with Gasteiger partial charge in [0.05, 0.1) is 6.04 Å². The van der Waals surface area contributed by atoms with Gasteiger partial charge >= 0.3 is 5.97 Å². The summed E-state index contributed by atoms with van der Waals surface area (Å²) < 4.78 is 15.2. The monoisotopic (exact) mass is 247 g/mol. The standard InChI is InChI=1S/C12H10FN3O2/c13-8-6-9(7-4-2-1-3-5-7)16-11(8)14-10(15-16)12(17)18/h1-5,8-9H,6H2,(H,17,18). The minimum absolute atomic E-state index is 0.0984. The molecule has 0 fully saturated rings. The number of halogens is 1. The lowest BCUT2D eigenvalue weighted by Crippen LogP contribution is -2.09. The summed E-state index contributed by atoms with van der Waals surface area (Å²) in [7, 11) is 0. The molecule has 0 amide bonds. The molecule has 5 nitrogen and oxygen atoms in total. The molecule has 0 radical (unpaired) electrons. The van der Waals surface area contributed by atoms with Crippen molar-refractivity contribution in [3.8, 4) is 0 Å². The molecule has 0 spiro atoms. The first-order chi connectivity index (χ1) is 8.66. The largest absolute Gasteiger partial charge is 0.475 e. The van der Waals surface area contributed by atoms with Crippen LogP contribution in [0.5, 0.6) is 0 Å². The lowest BCUT2D eigenvalue weighted by molar-refractivity contribution is 0.0682. The van der Waals surface area contributed by atoms with Crippen molar-refractivity contribution in [2.24, 2.45) is 0 Å². The summed E-state index contributed by atoms with van der Waals surface area (Å²) in [6.45, 7) is 0. The maximum atomic E-state index is 13.8. The average molecular weight is 247 g/mol. The van der Waals surface area contributed by atoms with Crippen LogP contribution in [0.3, 0.4) is 0 Å². The molecule has 2 aromatic rings. The Hall–Kier alpha value is -2.24. The van der Waals surface area contributed by atoms with Crippen LogP contribution >= 0.6 is 0 Å². The average Bonchev–Trinajstić information content (AvgIpc) is 2.92.